The summed E-state index contributed by atoms with van der Waals surface area (Å²) in [6, 6.07) is 2.78. The summed E-state index contributed by atoms with van der Waals surface area (Å²) in [4.78, 5) is 17.7. The van der Waals surface area contributed by atoms with Gasteiger partial charge in [0.05, 0.1) is 0 Å². The second-order valence-electron chi connectivity index (χ2n) is 8.85. The lowest BCUT2D eigenvalue weighted by molar-refractivity contribution is -0.137. The summed E-state index contributed by atoms with van der Waals surface area (Å²) >= 11 is 1.64. The summed E-state index contributed by atoms with van der Waals surface area (Å²) in [6.45, 7) is 5.52. The first-order valence-electron chi connectivity index (χ1n) is 11.0. The van der Waals surface area contributed by atoms with E-state index in [0.29, 0.717) is 38.4 Å². The van der Waals surface area contributed by atoms with Crippen LogP contribution < -0.4 is 5.73 Å². The van der Waals surface area contributed by atoms with Crippen molar-refractivity contribution in [3.8, 4) is 0 Å². The van der Waals surface area contributed by atoms with Gasteiger partial charge in [-0.3, -0.25) is 4.79 Å². The average molecular weight is 428 g/mol. The summed E-state index contributed by atoms with van der Waals surface area (Å²) in [5, 5.41) is 4.14. The molecule has 0 radical (unpaired) electrons. The van der Waals surface area contributed by atoms with Crippen LogP contribution in [0.3, 0.4) is 0 Å². The van der Waals surface area contributed by atoms with E-state index in [9.17, 15) is 13.6 Å². The van der Waals surface area contributed by atoms with Gasteiger partial charge in [-0.2, -0.15) is 11.3 Å². The van der Waals surface area contributed by atoms with E-state index in [0.717, 1.165) is 37.9 Å². The molecular weight excluding hydrogens is 392 g/mol. The first-order valence-corrected chi connectivity index (χ1v) is 11.9. The fourth-order valence-corrected chi connectivity index (χ4v) is 5.39. The van der Waals surface area contributed by atoms with E-state index < -0.39 is 5.92 Å². The number of piperidine rings is 1. The topological polar surface area (TPSA) is 49.6 Å². The number of hydrogen-bond acceptors (Lipinski definition) is 4. The minimum atomic E-state index is -2.54. The number of carbonyl (C=O) groups is 1. The van der Waals surface area contributed by atoms with Gasteiger partial charge in [0, 0.05) is 51.0 Å². The highest BCUT2D eigenvalue weighted by atomic mass is 32.1. The van der Waals surface area contributed by atoms with Crippen molar-refractivity contribution >= 4 is 17.2 Å². The third-order valence-electron chi connectivity index (χ3n) is 6.70. The molecule has 1 unspecified atom stereocenters. The molecule has 2 fully saturated rings. The molecular formula is C22H35F2N3OS. The van der Waals surface area contributed by atoms with Crippen LogP contribution in [0.15, 0.2) is 16.8 Å². The number of carbonyl (C=O) groups excluding carboxylic acids is 1. The number of likely N-dealkylation sites (tertiary alicyclic amines) is 1. The van der Waals surface area contributed by atoms with Gasteiger partial charge in [-0.1, -0.05) is 0 Å². The molecule has 0 bridgehead atoms. The van der Waals surface area contributed by atoms with E-state index in [4.69, 9.17) is 5.73 Å². The van der Waals surface area contributed by atoms with Crippen LogP contribution in [-0.4, -0.2) is 53.3 Å². The molecule has 0 aromatic carbocycles. The predicted molar refractivity (Wildman–Crippen MR) is 114 cm³/mol. The summed E-state index contributed by atoms with van der Waals surface area (Å²) in [7, 11) is 0. The molecule has 2 N–H and O–H groups in total. The van der Waals surface area contributed by atoms with Crippen LogP contribution in [0.4, 0.5) is 8.78 Å². The molecule has 2 heterocycles. The fraction of sp³-hybridized carbons (Fsp3) is 0.773. The lowest BCUT2D eigenvalue weighted by Gasteiger charge is -2.41. The van der Waals surface area contributed by atoms with Crippen molar-refractivity contribution in [1.29, 1.82) is 0 Å². The van der Waals surface area contributed by atoms with Crippen LogP contribution in [0.5, 0.6) is 0 Å². The minimum Gasteiger partial charge on any atom is -0.335 e. The first kappa shape index (κ1) is 22.6. The molecule has 3 rings (SSSR count). The lowest BCUT2D eigenvalue weighted by Crippen LogP contribution is -2.49. The van der Waals surface area contributed by atoms with Crippen molar-refractivity contribution in [3.63, 3.8) is 0 Å². The largest absolute Gasteiger partial charge is 0.335 e. The highest BCUT2D eigenvalue weighted by Gasteiger charge is 2.37. The summed E-state index contributed by atoms with van der Waals surface area (Å²) in [5.41, 5.74) is 6.87. The number of nitrogens with two attached hydrogens (primary N) is 1. The van der Waals surface area contributed by atoms with Crippen LogP contribution in [0, 0.1) is 5.92 Å². The van der Waals surface area contributed by atoms with E-state index in [1.165, 1.54) is 0 Å². The van der Waals surface area contributed by atoms with Crippen molar-refractivity contribution < 1.29 is 13.6 Å². The third kappa shape index (κ3) is 6.46. The van der Waals surface area contributed by atoms with E-state index >= 15 is 0 Å². The number of halogens is 2. The Morgan fingerprint density at radius 1 is 1.31 bits per heavy atom. The van der Waals surface area contributed by atoms with E-state index in [-0.39, 0.29) is 30.7 Å². The number of hydrogen-bond donors (Lipinski definition) is 1. The monoisotopic (exact) mass is 427 g/mol. The van der Waals surface area contributed by atoms with Gasteiger partial charge in [0.2, 0.25) is 11.8 Å². The van der Waals surface area contributed by atoms with E-state index in [1.807, 2.05) is 10.3 Å². The maximum atomic E-state index is 13.5. The normalized spacial score (nSPS) is 22.5. The van der Waals surface area contributed by atoms with Crippen molar-refractivity contribution in [2.24, 2.45) is 11.7 Å². The molecule has 1 saturated carbocycles. The van der Waals surface area contributed by atoms with Gasteiger partial charge in [0.25, 0.3) is 0 Å². The highest BCUT2D eigenvalue weighted by molar-refractivity contribution is 7.07. The molecule has 164 valence electrons. The molecule has 0 spiro atoms. The number of thiophene rings is 1. The lowest BCUT2D eigenvalue weighted by atomic mass is 9.84. The number of amides is 1. The molecule has 1 amide bonds. The van der Waals surface area contributed by atoms with Crippen LogP contribution in [-0.2, 0) is 11.3 Å². The molecule has 1 aliphatic carbocycles. The van der Waals surface area contributed by atoms with Crippen LogP contribution in [0.1, 0.15) is 63.9 Å². The first-order chi connectivity index (χ1) is 13.9. The fourth-order valence-electron chi connectivity index (χ4n) is 4.73. The van der Waals surface area contributed by atoms with Crippen molar-refractivity contribution in [3.05, 3.63) is 22.4 Å². The van der Waals surface area contributed by atoms with Crippen molar-refractivity contribution in [2.45, 2.75) is 82.8 Å². The standard InChI is InChI=1S/C22H35F2N3OS/c1-17(4-10-25)26-11-5-20(6-12-26)27(15-19-7-13-29-16-19)21(28)14-18-2-8-22(23,24)9-3-18/h7,13,16-18,20H,2-6,8-12,14-15,25H2,1H3. The molecule has 29 heavy (non-hydrogen) atoms. The molecule has 7 heteroatoms. The zero-order valence-electron chi connectivity index (χ0n) is 17.5. The zero-order chi connectivity index (χ0) is 20.9. The number of alkyl halides is 2. The number of rotatable bonds is 8. The Morgan fingerprint density at radius 2 is 2.00 bits per heavy atom. The highest BCUT2D eigenvalue weighted by Crippen LogP contribution is 2.38. The maximum absolute atomic E-state index is 13.5. The van der Waals surface area contributed by atoms with Crippen molar-refractivity contribution in [2.75, 3.05) is 19.6 Å². The van der Waals surface area contributed by atoms with E-state index in [1.54, 1.807) is 11.3 Å². The van der Waals surface area contributed by atoms with Gasteiger partial charge < -0.3 is 15.5 Å². The molecule has 1 aromatic heterocycles. The summed E-state index contributed by atoms with van der Waals surface area (Å²) in [6.07, 6.45) is 4.10. The molecule has 1 aromatic rings. The Morgan fingerprint density at radius 3 is 2.59 bits per heavy atom. The van der Waals surface area contributed by atoms with E-state index in [2.05, 4.69) is 23.3 Å². The molecule has 1 saturated heterocycles. The Labute approximate surface area is 177 Å². The Hall–Kier alpha value is -1.05. The van der Waals surface area contributed by atoms with Gasteiger partial charge in [-0.25, -0.2) is 8.78 Å². The minimum absolute atomic E-state index is 0.0765. The smallest absolute Gasteiger partial charge is 0.248 e. The van der Waals surface area contributed by atoms with Crippen LogP contribution in [0.2, 0.25) is 0 Å². The van der Waals surface area contributed by atoms with Gasteiger partial charge >= 0.3 is 0 Å². The predicted octanol–water partition coefficient (Wildman–Crippen LogP) is 4.49. The maximum Gasteiger partial charge on any atom is 0.248 e. The third-order valence-corrected chi connectivity index (χ3v) is 7.43. The van der Waals surface area contributed by atoms with Crippen LogP contribution in [0.25, 0.3) is 0 Å². The average Bonchev–Trinajstić information content (AvgIpc) is 3.21. The molecule has 1 aliphatic heterocycles. The summed E-state index contributed by atoms with van der Waals surface area (Å²) < 4.78 is 26.9. The molecule has 1 atom stereocenters. The summed E-state index contributed by atoms with van der Waals surface area (Å²) in [5.74, 6) is -2.31. The van der Waals surface area contributed by atoms with Gasteiger partial charge in [-0.15, -0.1) is 0 Å². The van der Waals surface area contributed by atoms with Gasteiger partial charge in [-0.05, 0) is 73.9 Å². The second kappa shape index (κ2) is 10.3. The second-order valence-corrected chi connectivity index (χ2v) is 9.63. The molecule has 4 nitrogen and oxygen atoms in total. The zero-order valence-corrected chi connectivity index (χ0v) is 18.3. The molecule has 2 aliphatic rings. The van der Waals surface area contributed by atoms with Crippen LogP contribution >= 0.6 is 11.3 Å². The number of nitrogens with zero attached hydrogens (tertiary/aromatic N) is 2. The SMILES string of the molecule is CC(CCN)N1CCC(N(Cc2ccsc2)C(=O)CC2CCC(F)(F)CC2)CC1. The van der Waals surface area contributed by atoms with Crippen molar-refractivity contribution in [1.82, 2.24) is 9.80 Å². The van der Waals surface area contributed by atoms with Gasteiger partial charge in [0.1, 0.15) is 0 Å². The Kier molecular flexibility index (Phi) is 8.05. The Bertz CT molecular complexity index is 622. The van der Waals surface area contributed by atoms with Gasteiger partial charge in [0.15, 0.2) is 0 Å². The Balaban J connectivity index is 1.60. The quantitative estimate of drug-likeness (QED) is 0.665.